The van der Waals surface area contributed by atoms with Gasteiger partial charge in [0.25, 0.3) is 17.7 Å². The highest BCUT2D eigenvalue weighted by Gasteiger charge is 2.20. The second-order valence-corrected chi connectivity index (χ2v) is 8.13. The van der Waals surface area contributed by atoms with E-state index >= 15 is 0 Å². The van der Waals surface area contributed by atoms with Crippen molar-refractivity contribution in [3.8, 4) is 0 Å². The maximum Gasteiger partial charge on any atom is 0.338 e. The maximum absolute atomic E-state index is 12.6. The fourth-order valence-electron chi connectivity index (χ4n) is 3.81. The lowest BCUT2D eigenvalue weighted by Crippen LogP contribution is -2.33. The molecule has 9 heteroatoms. The van der Waals surface area contributed by atoms with E-state index in [0.29, 0.717) is 16.9 Å². The number of nitrogens with one attached hydrogen (secondary N) is 3. The summed E-state index contributed by atoms with van der Waals surface area (Å²) in [6.07, 6.45) is 5.49. The normalized spacial score (nSPS) is 13.1. The topological polar surface area (TPSA) is 127 Å². The third-order valence-electron chi connectivity index (χ3n) is 5.59. The predicted octanol–water partition coefficient (Wildman–Crippen LogP) is 4.00. The zero-order chi connectivity index (χ0) is 24.6. The van der Waals surface area contributed by atoms with Crippen LogP contribution in [0, 0.1) is 0 Å². The Balaban J connectivity index is 1.28. The van der Waals surface area contributed by atoms with Crippen LogP contribution in [-0.4, -0.2) is 36.3 Å². The molecule has 2 aromatic carbocycles. The lowest BCUT2D eigenvalue weighted by atomic mass is 10.1. The van der Waals surface area contributed by atoms with Crippen molar-refractivity contribution in [2.24, 2.45) is 0 Å². The number of rotatable bonds is 8. The number of carbonyl (C=O) groups excluding carboxylic acids is 4. The Kier molecular flexibility index (Phi) is 7.57. The minimum absolute atomic E-state index is 0.150. The number of hydrogen-bond donors (Lipinski definition) is 3. The molecule has 0 saturated heterocycles. The van der Waals surface area contributed by atoms with E-state index in [2.05, 4.69) is 16.0 Å². The molecule has 0 spiro atoms. The standard InChI is InChI=1S/C26H25N3O6/c30-23(29-21-9-4-3-8-20(21)24(31)27-18-6-1-2-7-18)16-35-26(33)17-11-13-19(14-12-17)28-25(32)22-10-5-15-34-22/h3-5,8-15,18H,1-2,6-7,16H2,(H,27,31)(H,28,32)(H,29,30). The van der Waals surface area contributed by atoms with E-state index in [0.717, 1.165) is 25.7 Å². The van der Waals surface area contributed by atoms with Gasteiger partial charge in [0.15, 0.2) is 12.4 Å². The molecule has 3 N–H and O–H groups in total. The first-order chi connectivity index (χ1) is 17.0. The molecule has 3 aromatic rings. The van der Waals surface area contributed by atoms with E-state index in [1.165, 1.54) is 36.6 Å². The summed E-state index contributed by atoms with van der Waals surface area (Å²) in [7, 11) is 0. The molecule has 1 aliphatic carbocycles. The highest BCUT2D eigenvalue weighted by Crippen LogP contribution is 2.20. The smallest absolute Gasteiger partial charge is 0.338 e. The molecular formula is C26H25N3O6. The summed E-state index contributed by atoms with van der Waals surface area (Å²) < 4.78 is 10.1. The number of hydrogen-bond acceptors (Lipinski definition) is 6. The van der Waals surface area contributed by atoms with Gasteiger partial charge < -0.3 is 25.1 Å². The van der Waals surface area contributed by atoms with Crippen molar-refractivity contribution >= 4 is 35.1 Å². The Morgan fingerprint density at radius 2 is 1.60 bits per heavy atom. The van der Waals surface area contributed by atoms with Gasteiger partial charge in [-0.05, 0) is 61.4 Å². The second-order valence-electron chi connectivity index (χ2n) is 8.13. The highest BCUT2D eigenvalue weighted by molar-refractivity contribution is 6.05. The number of anilines is 2. The summed E-state index contributed by atoms with van der Waals surface area (Å²) in [4.78, 5) is 49.3. The van der Waals surface area contributed by atoms with Gasteiger partial charge >= 0.3 is 5.97 Å². The van der Waals surface area contributed by atoms with Gasteiger partial charge in [0.2, 0.25) is 0 Å². The minimum atomic E-state index is -0.698. The molecule has 1 fully saturated rings. The zero-order valence-electron chi connectivity index (χ0n) is 18.9. The van der Waals surface area contributed by atoms with Crippen molar-refractivity contribution in [1.82, 2.24) is 5.32 Å². The van der Waals surface area contributed by atoms with Crippen LogP contribution in [0.4, 0.5) is 11.4 Å². The monoisotopic (exact) mass is 475 g/mol. The summed E-state index contributed by atoms with van der Waals surface area (Å²) in [5, 5.41) is 8.27. The first-order valence-corrected chi connectivity index (χ1v) is 11.3. The van der Waals surface area contributed by atoms with Crippen molar-refractivity contribution in [3.63, 3.8) is 0 Å². The summed E-state index contributed by atoms with van der Waals surface area (Å²) in [5.74, 6) is -1.77. The van der Waals surface area contributed by atoms with Crippen molar-refractivity contribution < 1.29 is 28.3 Å². The number of carbonyl (C=O) groups is 4. The lowest BCUT2D eigenvalue weighted by Gasteiger charge is -2.15. The van der Waals surface area contributed by atoms with Gasteiger partial charge in [-0.25, -0.2) is 4.79 Å². The van der Waals surface area contributed by atoms with E-state index in [1.807, 2.05) is 0 Å². The van der Waals surface area contributed by atoms with Gasteiger partial charge in [0.05, 0.1) is 23.1 Å². The lowest BCUT2D eigenvalue weighted by molar-refractivity contribution is -0.119. The Labute approximate surface area is 201 Å². The van der Waals surface area contributed by atoms with Gasteiger partial charge in [-0.15, -0.1) is 0 Å². The van der Waals surface area contributed by atoms with E-state index < -0.39 is 24.4 Å². The summed E-state index contributed by atoms with van der Waals surface area (Å²) >= 11 is 0. The molecule has 0 bridgehead atoms. The Bertz CT molecular complexity index is 1200. The molecule has 0 aliphatic heterocycles. The molecule has 0 radical (unpaired) electrons. The molecule has 3 amide bonds. The van der Waals surface area contributed by atoms with Crippen LogP contribution in [0.25, 0.3) is 0 Å². The number of amides is 3. The fraction of sp³-hybridized carbons (Fsp3) is 0.231. The van der Waals surface area contributed by atoms with Crippen LogP contribution < -0.4 is 16.0 Å². The van der Waals surface area contributed by atoms with E-state index in [1.54, 1.807) is 30.3 Å². The summed E-state index contributed by atoms with van der Waals surface area (Å²) in [6, 6.07) is 16.0. The Hall–Kier alpha value is -4.40. The molecular weight excluding hydrogens is 450 g/mol. The van der Waals surface area contributed by atoms with E-state index in [9.17, 15) is 19.2 Å². The number of esters is 1. The fourth-order valence-corrected chi connectivity index (χ4v) is 3.81. The van der Waals surface area contributed by atoms with Crippen LogP contribution >= 0.6 is 0 Å². The molecule has 180 valence electrons. The average molecular weight is 476 g/mol. The molecule has 1 heterocycles. The number of ether oxygens (including phenoxy) is 1. The van der Waals surface area contributed by atoms with Crippen molar-refractivity contribution in [3.05, 3.63) is 83.8 Å². The van der Waals surface area contributed by atoms with Gasteiger partial charge in [0.1, 0.15) is 0 Å². The van der Waals surface area contributed by atoms with Crippen LogP contribution in [0.15, 0.2) is 71.3 Å². The summed E-state index contributed by atoms with van der Waals surface area (Å²) in [5.41, 5.74) is 1.38. The molecule has 0 unspecified atom stereocenters. The predicted molar refractivity (Wildman–Crippen MR) is 128 cm³/mol. The van der Waals surface area contributed by atoms with Crippen LogP contribution in [0.1, 0.15) is 57.0 Å². The largest absolute Gasteiger partial charge is 0.459 e. The van der Waals surface area contributed by atoms with Crippen LogP contribution in [-0.2, 0) is 9.53 Å². The first-order valence-electron chi connectivity index (χ1n) is 11.3. The van der Waals surface area contributed by atoms with E-state index in [4.69, 9.17) is 9.15 Å². The average Bonchev–Trinajstić information content (AvgIpc) is 3.58. The SMILES string of the molecule is O=C(COC(=O)c1ccc(NC(=O)c2ccco2)cc1)Nc1ccccc1C(=O)NC1CCCC1. The van der Waals surface area contributed by atoms with Gasteiger partial charge in [-0.1, -0.05) is 25.0 Å². The van der Waals surface area contributed by atoms with E-state index in [-0.39, 0.29) is 23.3 Å². The molecule has 1 aliphatic rings. The van der Waals surface area contributed by atoms with Crippen LogP contribution in [0.3, 0.4) is 0 Å². The van der Waals surface area contributed by atoms with Gasteiger partial charge in [-0.3, -0.25) is 14.4 Å². The van der Waals surface area contributed by atoms with Crippen molar-refractivity contribution in [2.45, 2.75) is 31.7 Å². The Morgan fingerprint density at radius 3 is 2.31 bits per heavy atom. The maximum atomic E-state index is 12.6. The summed E-state index contributed by atoms with van der Waals surface area (Å²) in [6.45, 7) is -0.519. The zero-order valence-corrected chi connectivity index (χ0v) is 18.9. The van der Waals surface area contributed by atoms with Crippen molar-refractivity contribution in [2.75, 3.05) is 17.2 Å². The minimum Gasteiger partial charge on any atom is -0.459 e. The molecule has 4 rings (SSSR count). The first kappa shape index (κ1) is 23.7. The second kappa shape index (κ2) is 11.1. The molecule has 35 heavy (non-hydrogen) atoms. The Morgan fingerprint density at radius 1 is 0.857 bits per heavy atom. The molecule has 1 aromatic heterocycles. The van der Waals surface area contributed by atoms with Crippen LogP contribution in [0.5, 0.6) is 0 Å². The van der Waals surface area contributed by atoms with Gasteiger partial charge in [0, 0.05) is 11.7 Å². The third-order valence-corrected chi connectivity index (χ3v) is 5.59. The number of benzene rings is 2. The quantitative estimate of drug-likeness (QED) is 0.423. The molecule has 0 atom stereocenters. The number of furan rings is 1. The van der Waals surface area contributed by atoms with Gasteiger partial charge in [-0.2, -0.15) is 0 Å². The molecule has 1 saturated carbocycles. The molecule has 9 nitrogen and oxygen atoms in total. The van der Waals surface area contributed by atoms with Crippen molar-refractivity contribution in [1.29, 1.82) is 0 Å². The number of para-hydroxylation sites is 1. The highest BCUT2D eigenvalue weighted by atomic mass is 16.5. The van der Waals surface area contributed by atoms with Crippen LogP contribution in [0.2, 0.25) is 0 Å². The third kappa shape index (κ3) is 6.35.